The molecule has 6 rings (SSSR count). The van der Waals surface area contributed by atoms with Gasteiger partial charge in [0.2, 0.25) is 0 Å². The number of likely N-dealkylation sites (N-methyl/N-ethyl adjacent to an activating group) is 1. The maximum absolute atomic E-state index is 14.4. The van der Waals surface area contributed by atoms with E-state index >= 15 is 0 Å². The van der Waals surface area contributed by atoms with Crippen LogP contribution in [0.25, 0.3) is 10.9 Å². The third-order valence-corrected chi connectivity index (χ3v) is 9.57. The van der Waals surface area contributed by atoms with E-state index in [9.17, 15) is 22.4 Å². The number of nitrogens with one attached hydrogen (secondary N) is 1. The van der Waals surface area contributed by atoms with Gasteiger partial charge in [0.1, 0.15) is 34.8 Å². The zero-order chi connectivity index (χ0) is 32.0. The van der Waals surface area contributed by atoms with Crippen molar-refractivity contribution in [1.29, 1.82) is 0 Å². The fourth-order valence-electron chi connectivity index (χ4n) is 5.87. The number of fused-ring (bicyclic) bond motifs is 3. The first kappa shape index (κ1) is 30.4. The van der Waals surface area contributed by atoms with E-state index in [1.165, 1.54) is 25.3 Å². The van der Waals surface area contributed by atoms with Crippen LogP contribution < -0.4 is 28.8 Å². The summed E-state index contributed by atoms with van der Waals surface area (Å²) < 4.78 is 63.8. The van der Waals surface area contributed by atoms with Gasteiger partial charge < -0.3 is 23.7 Å². The van der Waals surface area contributed by atoms with E-state index in [2.05, 4.69) is 9.82 Å². The molecule has 1 atom stereocenters. The lowest BCUT2D eigenvalue weighted by atomic mass is 10.2. The van der Waals surface area contributed by atoms with Crippen LogP contribution in [0.15, 0.2) is 47.3 Å². The first-order chi connectivity index (χ1) is 21.6. The van der Waals surface area contributed by atoms with Crippen molar-refractivity contribution in [2.75, 3.05) is 44.7 Å². The van der Waals surface area contributed by atoms with Crippen molar-refractivity contribution in [2.24, 2.45) is 0 Å². The summed E-state index contributed by atoms with van der Waals surface area (Å²) in [6.07, 6.45) is 0. The molecule has 2 aromatic heterocycles. The molecule has 13 nitrogen and oxygen atoms in total. The molecule has 1 N–H and O–H groups in total. The lowest BCUT2D eigenvalue weighted by Gasteiger charge is -2.33. The van der Waals surface area contributed by atoms with Gasteiger partial charge in [0, 0.05) is 37.3 Å². The highest BCUT2D eigenvalue weighted by Crippen LogP contribution is 2.41. The standard InChI is InChI=1S/C30H33FN6O7S/c1-5-34-15-18(2)37-25-24(27(43-4)26(37)30(34)39)29(38)35(33-28(25)36-13-12-32-45(36,40)41)16-20-8-9-21(31)14-23(20)44-17-19-6-10-22(42-3)11-7-19/h6-11,14,18,32H,5,12-13,15-17H2,1-4H3/t18-/m0/s1. The first-order valence-electron chi connectivity index (χ1n) is 14.4. The summed E-state index contributed by atoms with van der Waals surface area (Å²) >= 11 is 0. The van der Waals surface area contributed by atoms with Gasteiger partial charge in [0.05, 0.1) is 27.3 Å². The Morgan fingerprint density at radius 2 is 1.84 bits per heavy atom. The minimum Gasteiger partial charge on any atom is -0.497 e. The minimum absolute atomic E-state index is 0.0217. The summed E-state index contributed by atoms with van der Waals surface area (Å²) in [5, 5.41) is 4.60. The maximum Gasteiger partial charge on any atom is 0.302 e. The Morgan fingerprint density at radius 1 is 1.09 bits per heavy atom. The molecule has 15 heteroatoms. The molecule has 1 amide bonds. The van der Waals surface area contributed by atoms with Gasteiger partial charge in [0.15, 0.2) is 17.3 Å². The maximum atomic E-state index is 14.4. The molecule has 45 heavy (non-hydrogen) atoms. The van der Waals surface area contributed by atoms with Crippen molar-refractivity contribution in [3.05, 3.63) is 75.5 Å². The number of ether oxygens (including phenoxy) is 3. The summed E-state index contributed by atoms with van der Waals surface area (Å²) in [5.41, 5.74) is 0.978. The van der Waals surface area contributed by atoms with Gasteiger partial charge in [-0.05, 0) is 37.6 Å². The molecular weight excluding hydrogens is 607 g/mol. The van der Waals surface area contributed by atoms with Crippen LogP contribution in [-0.2, 0) is 23.4 Å². The van der Waals surface area contributed by atoms with Gasteiger partial charge in [-0.15, -0.1) is 5.10 Å². The van der Waals surface area contributed by atoms with Crippen LogP contribution >= 0.6 is 0 Å². The second kappa shape index (κ2) is 11.7. The van der Waals surface area contributed by atoms with E-state index in [0.29, 0.717) is 24.4 Å². The lowest BCUT2D eigenvalue weighted by molar-refractivity contribution is 0.0685. The predicted octanol–water partition coefficient (Wildman–Crippen LogP) is 2.67. The van der Waals surface area contributed by atoms with E-state index in [0.717, 1.165) is 14.6 Å². The number of carbonyl (C=O) groups is 1. The fraction of sp³-hybridized carbons (Fsp3) is 0.367. The van der Waals surface area contributed by atoms with Crippen molar-refractivity contribution < 1.29 is 31.8 Å². The number of carbonyl (C=O) groups excluding carboxylic acids is 1. The summed E-state index contributed by atoms with van der Waals surface area (Å²) in [4.78, 5) is 29.4. The molecule has 0 aliphatic carbocycles. The Bertz CT molecular complexity index is 1960. The van der Waals surface area contributed by atoms with Crippen molar-refractivity contribution in [3.63, 3.8) is 0 Å². The average molecular weight is 641 g/mol. The van der Waals surface area contributed by atoms with Crippen molar-refractivity contribution >= 4 is 32.8 Å². The van der Waals surface area contributed by atoms with E-state index in [1.54, 1.807) is 28.7 Å². The highest BCUT2D eigenvalue weighted by molar-refractivity contribution is 7.91. The Hall–Kier alpha value is -4.63. The molecule has 2 aliphatic heterocycles. The molecule has 0 bridgehead atoms. The molecule has 0 radical (unpaired) electrons. The lowest BCUT2D eigenvalue weighted by Crippen LogP contribution is -2.42. The van der Waals surface area contributed by atoms with E-state index in [1.807, 2.05) is 26.0 Å². The number of anilines is 1. The number of nitrogens with zero attached hydrogens (tertiary/aromatic N) is 5. The number of rotatable bonds is 9. The Morgan fingerprint density at radius 3 is 2.49 bits per heavy atom. The van der Waals surface area contributed by atoms with E-state index < -0.39 is 21.6 Å². The molecule has 2 aliphatic rings. The van der Waals surface area contributed by atoms with E-state index in [-0.39, 0.29) is 72.1 Å². The topological polar surface area (TPSA) is 137 Å². The normalized spacial score (nSPS) is 17.5. The van der Waals surface area contributed by atoms with Crippen molar-refractivity contribution in [2.45, 2.75) is 33.0 Å². The number of hydrogen-bond donors (Lipinski definition) is 1. The quantitative estimate of drug-likeness (QED) is 0.295. The van der Waals surface area contributed by atoms with E-state index in [4.69, 9.17) is 14.2 Å². The number of halogens is 1. The second-order valence-corrected chi connectivity index (χ2v) is 12.5. The molecule has 2 aromatic carbocycles. The van der Waals surface area contributed by atoms with Gasteiger partial charge in [-0.2, -0.15) is 13.1 Å². The van der Waals surface area contributed by atoms with Gasteiger partial charge in [-0.1, -0.05) is 18.2 Å². The summed E-state index contributed by atoms with van der Waals surface area (Å²) in [5.74, 6) is 0.00807. The van der Waals surface area contributed by atoms with Crippen LogP contribution in [0.3, 0.4) is 0 Å². The molecule has 0 unspecified atom stereocenters. The van der Waals surface area contributed by atoms with Crippen LogP contribution in [0.2, 0.25) is 0 Å². The van der Waals surface area contributed by atoms with Crippen molar-refractivity contribution in [3.8, 4) is 17.2 Å². The molecule has 4 aromatic rings. The second-order valence-electron chi connectivity index (χ2n) is 10.8. The van der Waals surface area contributed by atoms with Gasteiger partial charge in [-0.3, -0.25) is 9.59 Å². The average Bonchev–Trinajstić information content (AvgIpc) is 3.58. The number of benzene rings is 2. The predicted molar refractivity (Wildman–Crippen MR) is 164 cm³/mol. The Labute approximate surface area is 258 Å². The highest BCUT2D eigenvalue weighted by Gasteiger charge is 2.40. The third kappa shape index (κ3) is 5.25. The summed E-state index contributed by atoms with van der Waals surface area (Å²) in [7, 11) is -1.06. The third-order valence-electron chi connectivity index (χ3n) is 8.07. The SMILES string of the molecule is CCN1C[C@H](C)n2c(c(OC)c3c(=O)n(Cc4ccc(F)cc4OCc4ccc(OC)cc4)nc(N4CCNS4(=O)=O)c32)C1=O. The molecular formula is C30H33FN6O7S. The van der Waals surface area contributed by atoms with Gasteiger partial charge >= 0.3 is 10.2 Å². The van der Waals surface area contributed by atoms with Crippen LogP contribution in [-0.4, -0.2) is 74.0 Å². The number of amides is 1. The van der Waals surface area contributed by atoms with Crippen molar-refractivity contribution in [1.82, 2.24) is 24.0 Å². The molecule has 1 fully saturated rings. The fourth-order valence-corrected chi connectivity index (χ4v) is 7.06. The molecule has 4 heterocycles. The van der Waals surface area contributed by atoms with Gasteiger partial charge in [0.25, 0.3) is 11.5 Å². The summed E-state index contributed by atoms with van der Waals surface area (Å²) in [6, 6.07) is 10.8. The Balaban J connectivity index is 1.51. The first-order valence-corrected chi connectivity index (χ1v) is 15.9. The van der Waals surface area contributed by atoms with Crippen LogP contribution in [0.4, 0.5) is 10.2 Å². The number of aromatic nitrogens is 3. The van der Waals surface area contributed by atoms with Gasteiger partial charge in [-0.25, -0.2) is 13.4 Å². The van der Waals surface area contributed by atoms with Crippen LogP contribution in [0.5, 0.6) is 17.2 Å². The molecule has 0 spiro atoms. The minimum atomic E-state index is -3.99. The largest absolute Gasteiger partial charge is 0.497 e. The van der Waals surface area contributed by atoms with Crippen LogP contribution in [0, 0.1) is 5.82 Å². The number of hydrogen-bond acceptors (Lipinski definition) is 8. The smallest absolute Gasteiger partial charge is 0.302 e. The molecule has 0 saturated carbocycles. The monoisotopic (exact) mass is 640 g/mol. The Kier molecular flexibility index (Phi) is 7.91. The van der Waals surface area contributed by atoms with Crippen LogP contribution in [0.1, 0.15) is 41.5 Å². The number of methoxy groups -OCH3 is 2. The zero-order valence-corrected chi connectivity index (χ0v) is 26.1. The highest BCUT2D eigenvalue weighted by atomic mass is 32.2. The summed E-state index contributed by atoms with van der Waals surface area (Å²) in [6.45, 7) is 4.65. The zero-order valence-electron chi connectivity index (χ0n) is 25.2. The molecule has 1 saturated heterocycles. The molecule has 238 valence electrons.